The Kier molecular flexibility index (Phi) is 3.14. The van der Waals surface area contributed by atoms with Crippen LogP contribution in [0.15, 0.2) is 42.6 Å². The van der Waals surface area contributed by atoms with Crippen molar-refractivity contribution < 1.29 is 24.2 Å². The van der Waals surface area contributed by atoms with Crippen molar-refractivity contribution >= 4 is 34.1 Å². The third kappa shape index (κ3) is 1.93. The van der Waals surface area contributed by atoms with E-state index in [2.05, 4.69) is 0 Å². The van der Waals surface area contributed by atoms with Crippen molar-refractivity contribution in [1.29, 1.82) is 0 Å². The molecule has 0 aliphatic carbocycles. The Morgan fingerprint density at radius 1 is 1.09 bits per heavy atom. The normalized spacial score (nSPS) is 10.8. The molecule has 3 aromatic rings. The molecule has 0 saturated heterocycles. The van der Waals surface area contributed by atoms with Crippen molar-refractivity contribution in [1.82, 2.24) is 4.40 Å². The van der Waals surface area contributed by atoms with Crippen LogP contribution >= 0.6 is 0 Å². The average molecular weight is 297 g/mol. The predicted octanol–water partition coefficient (Wildman–Crippen LogP) is 2.15. The van der Waals surface area contributed by atoms with Gasteiger partial charge < -0.3 is 14.2 Å². The second kappa shape index (κ2) is 5.00. The summed E-state index contributed by atoms with van der Waals surface area (Å²) in [5.74, 6) is -3.00. The summed E-state index contributed by atoms with van der Waals surface area (Å²) in [4.78, 5) is 34.5. The smallest absolute Gasteiger partial charge is 0.377 e. The number of esters is 1. The van der Waals surface area contributed by atoms with Gasteiger partial charge in [-0.2, -0.15) is 0 Å². The number of hydrogen-bond donors (Lipinski definition) is 1. The molecular formula is C16H11NO5. The zero-order valence-corrected chi connectivity index (χ0v) is 11.6. The van der Waals surface area contributed by atoms with E-state index in [1.807, 2.05) is 0 Å². The van der Waals surface area contributed by atoms with Gasteiger partial charge in [0.1, 0.15) is 0 Å². The summed E-state index contributed by atoms with van der Waals surface area (Å²) in [6, 6.07) is 9.73. The summed E-state index contributed by atoms with van der Waals surface area (Å²) in [5, 5.41) is 9.42. The highest BCUT2D eigenvalue weighted by Gasteiger charge is 2.21. The topological polar surface area (TPSA) is 85.1 Å². The monoisotopic (exact) mass is 297 g/mol. The number of nitrogens with zero attached hydrogens (tertiary/aromatic N) is 1. The maximum absolute atomic E-state index is 12.0. The zero-order valence-electron chi connectivity index (χ0n) is 11.6. The fraction of sp³-hybridized carbons (Fsp3) is 0.0625. The van der Waals surface area contributed by atoms with Gasteiger partial charge >= 0.3 is 11.9 Å². The Bertz CT molecular complexity index is 938. The highest BCUT2D eigenvalue weighted by Crippen LogP contribution is 2.28. The minimum atomic E-state index is -1.52. The molecule has 0 aliphatic rings. The molecule has 0 aliphatic heterocycles. The first-order valence-corrected chi connectivity index (χ1v) is 6.43. The number of benzene rings is 1. The Morgan fingerprint density at radius 3 is 2.55 bits per heavy atom. The van der Waals surface area contributed by atoms with Crippen LogP contribution in [0.4, 0.5) is 0 Å². The SMILES string of the molecule is COC(=O)c1c2ccc(C(=O)C(=O)O)cc2n2ccccc12. The van der Waals surface area contributed by atoms with Crippen LogP contribution < -0.4 is 0 Å². The Hall–Kier alpha value is -3.15. The number of carboxylic acid groups (broad SMARTS) is 1. The number of rotatable bonds is 3. The Labute approximate surface area is 124 Å². The van der Waals surface area contributed by atoms with Gasteiger partial charge in [-0.25, -0.2) is 9.59 Å². The molecule has 2 aromatic heterocycles. The van der Waals surface area contributed by atoms with Gasteiger partial charge in [-0.3, -0.25) is 4.79 Å². The molecule has 0 bridgehead atoms. The molecule has 6 heteroatoms. The van der Waals surface area contributed by atoms with Crippen molar-refractivity contribution in [3.8, 4) is 0 Å². The third-order valence-corrected chi connectivity index (χ3v) is 3.49. The molecule has 0 spiro atoms. The summed E-state index contributed by atoms with van der Waals surface area (Å²) >= 11 is 0. The van der Waals surface area contributed by atoms with E-state index in [0.717, 1.165) is 0 Å². The van der Waals surface area contributed by atoms with E-state index in [0.29, 0.717) is 22.0 Å². The van der Waals surface area contributed by atoms with Crippen LogP contribution in [-0.2, 0) is 9.53 Å². The summed E-state index contributed by atoms with van der Waals surface area (Å²) in [7, 11) is 1.29. The molecule has 0 saturated carbocycles. The molecule has 0 atom stereocenters. The van der Waals surface area contributed by atoms with E-state index < -0.39 is 17.7 Å². The Balaban J connectivity index is 2.39. The summed E-state index contributed by atoms with van der Waals surface area (Å²) < 4.78 is 6.54. The number of ketones is 1. The molecule has 2 heterocycles. The first-order chi connectivity index (χ1) is 10.5. The van der Waals surface area contributed by atoms with Gasteiger partial charge in [-0.05, 0) is 18.2 Å². The van der Waals surface area contributed by atoms with Crippen LogP contribution in [0.25, 0.3) is 16.4 Å². The third-order valence-electron chi connectivity index (χ3n) is 3.49. The van der Waals surface area contributed by atoms with Crippen LogP contribution in [0.1, 0.15) is 20.7 Å². The lowest BCUT2D eigenvalue weighted by atomic mass is 10.1. The van der Waals surface area contributed by atoms with Gasteiger partial charge in [0.25, 0.3) is 5.78 Å². The number of fused-ring (bicyclic) bond motifs is 3. The van der Waals surface area contributed by atoms with Gasteiger partial charge in [-0.1, -0.05) is 18.2 Å². The number of carbonyl (C=O) groups excluding carboxylic acids is 2. The van der Waals surface area contributed by atoms with E-state index >= 15 is 0 Å². The van der Waals surface area contributed by atoms with Crippen molar-refractivity contribution in [3.05, 3.63) is 53.7 Å². The Morgan fingerprint density at radius 2 is 1.86 bits per heavy atom. The van der Waals surface area contributed by atoms with E-state index in [4.69, 9.17) is 9.84 Å². The summed E-state index contributed by atoms with van der Waals surface area (Å²) in [6.45, 7) is 0. The zero-order chi connectivity index (χ0) is 15.9. The molecular weight excluding hydrogens is 286 g/mol. The lowest BCUT2D eigenvalue weighted by Crippen LogP contribution is -2.12. The number of methoxy groups -OCH3 is 1. The van der Waals surface area contributed by atoms with E-state index in [1.165, 1.54) is 19.2 Å². The maximum Gasteiger partial charge on any atom is 0.377 e. The maximum atomic E-state index is 12.0. The quantitative estimate of drug-likeness (QED) is 0.455. The van der Waals surface area contributed by atoms with Crippen LogP contribution in [0.3, 0.4) is 0 Å². The van der Waals surface area contributed by atoms with Gasteiger partial charge in [-0.15, -0.1) is 0 Å². The fourth-order valence-corrected chi connectivity index (χ4v) is 2.52. The lowest BCUT2D eigenvalue weighted by Gasteiger charge is -1.99. The largest absolute Gasteiger partial charge is 0.475 e. The highest BCUT2D eigenvalue weighted by molar-refractivity contribution is 6.40. The van der Waals surface area contributed by atoms with Gasteiger partial charge in [0.15, 0.2) is 0 Å². The first-order valence-electron chi connectivity index (χ1n) is 6.43. The molecule has 110 valence electrons. The van der Waals surface area contributed by atoms with Crippen LogP contribution in [0, 0.1) is 0 Å². The van der Waals surface area contributed by atoms with Crippen LogP contribution in [-0.4, -0.2) is 34.3 Å². The summed E-state index contributed by atoms with van der Waals surface area (Å²) in [6.07, 6.45) is 1.74. The predicted molar refractivity (Wildman–Crippen MR) is 78.2 cm³/mol. The molecule has 1 aromatic carbocycles. The lowest BCUT2D eigenvalue weighted by molar-refractivity contribution is -0.131. The van der Waals surface area contributed by atoms with Crippen molar-refractivity contribution in [2.24, 2.45) is 0 Å². The number of pyridine rings is 1. The first kappa shape index (κ1) is 13.8. The van der Waals surface area contributed by atoms with Gasteiger partial charge in [0.2, 0.25) is 0 Å². The number of carboxylic acids is 1. The van der Waals surface area contributed by atoms with E-state index in [-0.39, 0.29) is 5.56 Å². The highest BCUT2D eigenvalue weighted by atomic mass is 16.5. The van der Waals surface area contributed by atoms with Gasteiger partial charge in [0.05, 0.1) is 23.7 Å². The molecule has 3 rings (SSSR count). The van der Waals surface area contributed by atoms with E-state index in [9.17, 15) is 14.4 Å². The second-order valence-corrected chi connectivity index (χ2v) is 4.69. The average Bonchev–Trinajstić information content (AvgIpc) is 2.87. The number of aromatic nitrogens is 1. The number of hydrogen-bond acceptors (Lipinski definition) is 4. The van der Waals surface area contributed by atoms with Crippen molar-refractivity contribution in [2.75, 3.05) is 7.11 Å². The molecule has 1 N–H and O–H groups in total. The standard InChI is InChI=1S/C16H11NO5/c1-22-16(21)13-10-6-5-9(14(18)15(19)20)8-12(10)17-7-3-2-4-11(13)17/h2-8H,1H3,(H,19,20). The van der Waals surface area contributed by atoms with Crippen molar-refractivity contribution in [3.63, 3.8) is 0 Å². The molecule has 22 heavy (non-hydrogen) atoms. The van der Waals surface area contributed by atoms with E-state index in [1.54, 1.807) is 34.9 Å². The van der Waals surface area contributed by atoms with Crippen LogP contribution in [0.5, 0.6) is 0 Å². The number of ether oxygens (including phenoxy) is 1. The summed E-state index contributed by atoms with van der Waals surface area (Å²) in [5.41, 5.74) is 1.64. The minimum absolute atomic E-state index is 0.0552. The molecule has 0 unspecified atom stereocenters. The van der Waals surface area contributed by atoms with Crippen LogP contribution in [0.2, 0.25) is 0 Å². The van der Waals surface area contributed by atoms with Gasteiger partial charge in [0, 0.05) is 17.1 Å². The van der Waals surface area contributed by atoms with Crippen molar-refractivity contribution in [2.45, 2.75) is 0 Å². The number of aliphatic carboxylic acids is 1. The minimum Gasteiger partial charge on any atom is -0.475 e. The second-order valence-electron chi connectivity index (χ2n) is 4.69. The molecule has 0 fully saturated rings. The molecule has 0 amide bonds. The molecule has 6 nitrogen and oxygen atoms in total. The number of carbonyl (C=O) groups is 3. The number of Topliss-reactive ketones (excluding diaryl/α,β-unsaturated/α-hetero) is 1. The molecule has 0 radical (unpaired) electrons. The fourth-order valence-electron chi connectivity index (χ4n) is 2.52.